The van der Waals surface area contributed by atoms with Crippen LogP contribution in [0, 0.1) is 5.82 Å². The van der Waals surface area contributed by atoms with Crippen LogP contribution < -0.4 is 0 Å². The second-order valence-corrected chi connectivity index (χ2v) is 3.53. The lowest BCUT2D eigenvalue weighted by atomic mass is 10.0. The van der Waals surface area contributed by atoms with Gasteiger partial charge in [-0.2, -0.15) is 0 Å². The maximum absolute atomic E-state index is 13.8. The van der Waals surface area contributed by atoms with Crippen molar-refractivity contribution in [1.29, 1.82) is 0 Å². The highest BCUT2D eigenvalue weighted by atomic mass is 19.1. The first-order chi connectivity index (χ1) is 8.20. The maximum Gasteiger partial charge on any atom is 0.131 e. The number of benzene rings is 2. The zero-order chi connectivity index (χ0) is 12.3. The molecule has 0 aromatic heterocycles. The normalized spacial score (nSPS) is 10.9. The third-order valence-electron chi connectivity index (χ3n) is 2.38. The molecule has 4 heteroatoms. The number of phenolic OH excluding ortho intramolecular Hbond substituents is 1. The summed E-state index contributed by atoms with van der Waals surface area (Å²) in [5.74, 6) is -0.272. The molecule has 0 aliphatic rings. The monoisotopic (exact) mass is 231 g/mol. The number of nitrogens with zero attached hydrogens (tertiary/aromatic N) is 1. The van der Waals surface area contributed by atoms with Crippen LogP contribution in [0.5, 0.6) is 5.75 Å². The van der Waals surface area contributed by atoms with Crippen molar-refractivity contribution < 1.29 is 14.7 Å². The van der Waals surface area contributed by atoms with Gasteiger partial charge in [0.25, 0.3) is 0 Å². The van der Waals surface area contributed by atoms with Crippen molar-refractivity contribution >= 4 is 6.21 Å². The van der Waals surface area contributed by atoms with E-state index in [4.69, 9.17) is 10.3 Å². The SMILES string of the molecule is O/N=C/c1ccc(-c2ccc(O)cc2)c(F)c1. The van der Waals surface area contributed by atoms with Crippen LogP contribution in [0.15, 0.2) is 47.6 Å². The molecule has 86 valence electrons. The van der Waals surface area contributed by atoms with Crippen LogP contribution >= 0.6 is 0 Å². The Morgan fingerprint density at radius 2 is 1.76 bits per heavy atom. The van der Waals surface area contributed by atoms with Crippen molar-refractivity contribution in [2.75, 3.05) is 0 Å². The zero-order valence-corrected chi connectivity index (χ0v) is 8.84. The first-order valence-electron chi connectivity index (χ1n) is 4.97. The van der Waals surface area contributed by atoms with Crippen LogP contribution in [0.25, 0.3) is 11.1 Å². The van der Waals surface area contributed by atoms with E-state index < -0.39 is 5.82 Å². The minimum Gasteiger partial charge on any atom is -0.508 e. The highest BCUT2D eigenvalue weighted by Gasteiger charge is 2.05. The quantitative estimate of drug-likeness (QED) is 0.474. The van der Waals surface area contributed by atoms with E-state index in [0.717, 1.165) is 6.21 Å². The lowest BCUT2D eigenvalue weighted by Crippen LogP contribution is -1.88. The van der Waals surface area contributed by atoms with Gasteiger partial charge in [-0.05, 0) is 29.3 Å². The molecular formula is C13H10FNO2. The molecule has 0 saturated carbocycles. The minimum absolute atomic E-state index is 0.137. The molecule has 0 unspecified atom stereocenters. The topological polar surface area (TPSA) is 52.8 Å². The van der Waals surface area contributed by atoms with E-state index >= 15 is 0 Å². The fourth-order valence-electron chi connectivity index (χ4n) is 1.55. The summed E-state index contributed by atoms with van der Waals surface area (Å²) in [5, 5.41) is 20.3. The van der Waals surface area contributed by atoms with Gasteiger partial charge < -0.3 is 10.3 Å². The Hall–Kier alpha value is -2.36. The molecule has 3 nitrogen and oxygen atoms in total. The highest BCUT2D eigenvalue weighted by Crippen LogP contribution is 2.25. The van der Waals surface area contributed by atoms with Gasteiger partial charge in [0.2, 0.25) is 0 Å². The number of aromatic hydroxyl groups is 1. The Morgan fingerprint density at radius 3 is 2.35 bits per heavy atom. The largest absolute Gasteiger partial charge is 0.508 e. The second-order valence-electron chi connectivity index (χ2n) is 3.53. The number of phenols is 1. The lowest BCUT2D eigenvalue weighted by Gasteiger charge is -2.04. The second kappa shape index (κ2) is 4.65. The predicted molar refractivity (Wildman–Crippen MR) is 62.9 cm³/mol. The Labute approximate surface area is 97.5 Å². The minimum atomic E-state index is -0.409. The van der Waals surface area contributed by atoms with Gasteiger partial charge in [-0.15, -0.1) is 0 Å². The molecule has 17 heavy (non-hydrogen) atoms. The first-order valence-corrected chi connectivity index (χ1v) is 4.97. The average molecular weight is 231 g/mol. The molecule has 2 rings (SSSR count). The lowest BCUT2D eigenvalue weighted by molar-refractivity contribution is 0.322. The number of halogens is 1. The van der Waals surface area contributed by atoms with Gasteiger partial charge in [0.15, 0.2) is 0 Å². The van der Waals surface area contributed by atoms with Crippen molar-refractivity contribution in [2.45, 2.75) is 0 Å². The van der Waals surface area contributed by atoms with Crippen LogP contribution in [-0.4, -0.2) is 16.5 Å². The smallest absolute Gasteiger partial charge is 0.131 e. The molecule has 2 aromatic rings. The Bertz CT molecular complexity index is 550. The van der Waals surface area contributed by atoms with Crippen molar-refractivity contribution in [1.82, 2.24) is 0 Å². The average Bonchev–Trinajstić information content (AvgIpc) is 2.31. The van der Waals surface area contributed by atoms with Crippen molar-refractivity contribution in [3.8, 4) is 16.9 Å². The summed E-state index contributed by atoms with van der Waals surface area (Å²) >= 11 is 0. The van der Waals surface area contributed by atoms with Gasteiger partial charge >= 0.3 is 0 Å². The number of rotatable bonds is 2. The molecule has 0 atom stereocenters. The summed E-state index contributed by atoms with van der Waals surface area (Å²) in [6, 6.07) is 10.8. The molecule has 2 aromatic carbocycles. The van der Waals surface area contributed by atoms with Gasteiger partial charge in [-0.1, -0.05) is 29.4 Å². The van der Waals surface area contributed by atoms with Crippen molar-refractivity contribution in [3.63, 3.8) is 0 Å². The highest BCUT2D eigenvalue weighted by molar-refractivity contribution is 5.80. The van der Waals surface area contributed by atoms with E-state index in [2.05, 4.69) is 5.16 Å². The Balaban J connectivity index is 2.43. The summed E-state index contributed by atoms with van der Waals surface area (Å²) in [6.07, 6.45) is 1.16. The van der Waals surface area contributed by atoms with Crippen LogP contribution in [0.1, 0.15) is 5.56 Å². The molecule has 0 fully saturated rings. The van der Waals surface area contributed by atoms with Gasteiger partial charge in [0.05, 0.1) is 6.21 Å². The van der Waals surface area contributed by atoms with E-state index in [9.17, 15) is 4.39 Å². The fourth-order valence-corrected chi connectivity index (χ4v) is 1.55. The molecule has 2 N–H and O–H groups in total. The molecule has 0 bridgehead atoms. The van der Waals surface area contributed by atoms with Crippen LogP contribution in [0.4, 0.5) is 4.39 Å². The predicted octanol–water partition coefficient (Wildman–Crippen LogP) is 3.01. The van der Waals surface area contributed by atoms with E-state index in [0.29, 0.717) is 16.7 Å². The van der Waals surface area contributed by atoms with Gasteiger partial charge in [0.1, 0.15) is 11.6 Å². The first kappa shape index (κ1) is 11.1. The molecule has 0 aliphatic carbocycles. The third kappa shape index (κ3) is 2.42. The summed E-state index contributed by atoms with van der Waals surface area (Å²) in [7, 11) is 0. The Kier molecular flexibility index (Phi) is 3.05. The number of hydrogen-bond acceptors (Lipinski definition) is 3. The summed E-state index contributed by atoms with van der Waals surface area (Å²) in [5.41, 5.74) is 1.58. The van der Waals surface area contributed by atoms with Crippen LogP contribution in [0.3, 0.4) is 0 Å². The molecule has 0 heterocycles. The summed E-state index contributed by atoms with van der Waals surface area (Å²) < 4.78 is 13.8. The summed E-state index contributed by atoms with van der Waals surface area (Å²) in [6.45, 7) is 0. The van der Waals surface area contributed by atoms with Crippen molar-refractivity contribution in [2.24, 2.45) is 5.16 Å². The van der Waals surface area contributed by atoms with Gasteiger partial charge in [-0.3, -0.25) is 0 Å². The Morgan fingerprint density at radius 1 is 1.06 bits per heavy atom. The van der Waals surface area contributed by atoms with Gasteiger partial charge in [-0.25, -0.2) is 4.39 Å². The number of oxime groups is 1. The fraction of sp³-hybridized carbons (Fsp3) is 0. The molecule has 0 spiro atoms. The van der Waals surface area contributed by atoms with E-state index in [1.165, 1.54) is 18.2 Å². The van der Waals surface area contributed by atoms with E-state index in [1.807, 2.05) is 0 Å². The molecule has 0 radical (unpaired) electrons. The van der Waals surface area contributed by atoms with Crippen LogP contribution in [0.2, 0.25) is 0 Å². The number of hydrogen-bond donors (Lipinski definition) is 2. The molecule has 0 aliphatic heterocycles. The molecule has 0 saturated heterocycles. The van der Waals surface area contributed by atoms with E-state index in [1.54, 1.807) is 24.3 Å². The zero-order valence-electron chi connectivity index (χ0n) is 8.84. The van der Waals surface area contributed by atoms with E-state index in [-0.39, 0.29) is 5.75 Å². The third-order valence-corrected chi connectivity index (χ3v) is 2.38. The molecular weight excluding hydrogens is 221 g/mol. The standard InChI is InChI=1S/C13H10FNO2/c14-13-7-9(8-15-17)1-6-12(13)10-2-4-11(16)5-3-10/h1-8,16-17H/b15-8+. The van der Waals surface area contributed by atoms with Crippen molar-refractivity contribution in [3.05, 3.63) is 53.8 Å². The van der Waals surface area contributed by atoms with Crippen LogP contribution in [-0.2, 0) is 0 Å². The maximum atomic E-state index is 13.8. The molecule has 0 amide bonds. The van der Waals surface area contributed by atoms with Gasteiger partial charge in [0, 0.05) is 5.56 Å². The summed E-state index contributed by atoms with van der Waals surface area (Å²) in [4.78, 5) is 0.